The highest BCUT2D eigenvalue weighted by atomic mass is 32.1. The molecule has 3 heteroatoms. The molecule has 0 saturated carbocycles. The van der Waals surface area contributed by atoms with Gasteiger partial charge in [0.25, 0.3) is 0 Å². The van der Waals surface area contributed by atoms with Gasteiger partial charge in [-0.1, -0.05) is 26.7 Å². The van der Waals surface area contributed by atoms with Gasteiger partial charge in [-0.05, 0) is 39.2 Å². The second-order valence-electron chi connectivity index (χ2n) is 5.97. The van der Waals surface area contributed by atoms with Crippen LogP contribution in [-0.4, -0.2) is 17.1 Å². The van der Waals surface area contributed by atoms with E-state index in [0.717, 1.165) is 6.42 Å². The standard InChI is InChI=1S/C15H26N2S/c1-11(2)15(8-6-5-7-9-16-15)10-14-17-12(3)13(4)18-14/h11,16H,5-10H2,1-4H3. The lowest BCUT2D eigenvalue weighted by molar-refractivity contribution is 0.225. The maximum Gasteiger partial charge on any atom is 0.0949 e. The average Bonchev–Trinajstić information content (AvgIpc) is 2.54. The summed E-state index contributed by atoms with van der Waals surface area (Å²) in [6.45, 7) is 10.2. The first-order valence-corrected chi connectivity index (χ1v) is 8.03. The topological polar surface area (TPSA) is 24.9 Å². The Morgan fingerprint density at radius 2 is 2.06 bits per heavy atom. The van der Waals surface area contributed by atoms with Gasteiger partial charge in [-0.2, -0.15) is 0 Å². The van der Waals surface area contributed by atoms with Crippen LogP contribution in [0.3, 0.4) is 0 Å². The Hall–Kier alpha value is -0.410. The van der Waals surface area contributed by atoms with Crippen LogP contribution >= 0.6 is 11.3 Å². The zero-order chi connectivity index (χ0) is 13.2. The van der Waals surface area contributed by atoms with Crippen molar-refractivity contribution in [1.29, 1.82) is 0 Å². The third-order valence-corrected chi connectivity index (χ3v) is 5.49. The lowest BCUT2D eigenvalue weighted by Gasteiger charge is -2.37. The lowest BCUT2D eigenvalue weighted by atomic mass is 9.80. The number of aryl methyl sites for hydroxylation is 2. The van der Waals surface area contributed by atoms with Crippen molar-refractivity contribution in [3.8, 4) is 0 Å². The van der Waals surface area contributed by atoms with Crippen molar-refractivity contribution in [3.63, 3.8) is 0 Å². The van der Waals surface area contributed by atoms with Crippen LogP contribution in [0.25, 0.3) is 0 Å². The molecule has 18 heavy (non-hydrogen) atoms. The van der Waals surface area contributed by atoms with Crippen molar-refractivity contribution in [2.45, 2.75) is 65.3 Å². The Morgan fingerprint density at radius 3 is 2.67 bits per heavy atom. The minimum Gasteiger partial charge on any atom is -0.311 e. The van der Waals surface area contributed by atoms with Crippen molar-refractivity contribution in [3.05, 3.63) is 15.6 Å². The van der Waals surface area contributed by atoms with Gasteiger partial charge in [0.2, 0.25) is 0 Å². The van der Waals surface area contributed by atoms with E-state index in [1.165, 1.54) is 47.8 Å². The molecular weight excluding hydrogens is 240 g/mol. The second-order valence-corrected chi connectivity index (χ2v) is 7.26. The van der Waals surface area contributed by atoms with Crippen LogP contribution < -0.4 is 5.32 Å². The molecule has 1 aliphatic heterocycles. The Bertz CT molecular complexity index is 368. The molecule has 2 heterocycles. The molecular formula is C15H26N2S. The van der Waals surface area contributed by atoms with Gasteiger partial charge in [0.1, 0.15) is 0 Å². The van der Waals surface area contributed by atoms with Crippen molar-refractivity contribution < 1.29 is 0 Å². The summed E-state index contributed by atoms with van der Waals surface area (Å²) in [4.78, 5) is 6.11. The van der Waals surface area contributed by atoms with Crippen LogP contribution in [0.2, 0.25) is 0 Å². The Kier molecular flexibility index (Phi) is 4.44. The van der Waals surface area contributed by atoms with Crippen LogP contribution in [0.1, 0.15) is 55.1 Å². The van der Waals surface area contributed by atoms with E-state index in [-0.39, 0.29) is 5.54 Å². The highest BCUT2D eigenvalue weighted by Gasteiger charge is 2.35. The molecule has 0 aromatic carbocycles. The van der Waals surface area contributed by atoms with E-state index in [2.05, 4.69) is 33.0 Å². The van der Waals surface area contributed by atoms with Gasteiger partial charge in [-0.15, -0.1) is 11.3 Å². The zero-order valence-electron chi connectivity index (χ0n) is 12.2. The molecule has 1 saturated heterocycles. The van der Waals surface area contributed by atoms with Crippen LogP contribution in [0, 0.1) is 19.8 Å². The lowest BCUT2D eigenvalue weighted by Crippen LogP contribution is -2.50. The van der Waals surface area contributed by atoms with Crippen LogP contribution in [-0.2, 0) is 6.42 Å². The van der Waals surface area contributed by atoms with Crippen molar-refractivity contribution >= 4 is 11.3 Å². The highest BCUT2D eigenvalue weighted by Crippen LogP contribution is 2.32. The van der Waals surface area contributed by atoms with E-state index in [0.29, 0.717) is 5.92 Å². The Balaban J connectivity index is 2.19. The van der Waals surface area contributed by atoms with Crippen LogP contribution in [0.5, 0.6) is 0 Å². The number of hydrogen-bond donors (Lipinski definition) is 1. The van der Waals surface area contributed by atoms with E-state index in [9.17, 15) is 0 Å². The minimum absolute atomic E-state index is 0.271. The predicted molar refractivity (Wildman–Crippen MR) is 79.3 cm³/mol. The van der Waals surface area contributed by atoms with Crippen molar-refractivity contribution in [2.24, 2.45) is 5.92 Å². The summed E-state index contributed by atoms with van der Waals surface area (Å²) < 4.78 is 0. The van der Waals surface area contributed by atoms with Crippen LogP contribution in [0.15, 0.2) is 0 Å². The monoisotopic (exact) mass is 266 g/mol. The van der Waals surface area contributed by atoms with E-state index < -0.39 is 0 Å². The number of nitrogens with one attached hydrogen (secondary N) is 1. The number of rotatable bonds is 3. The summed E-state index contributed by atoms with van der Waals surface area (Å²) in [5.74, 6) is 0.667. The van der Waals surface area contributed by atoms with Gasteiger partial charge in [-0.25, -0.2) is 4.98 Å². The summed E-state index contributed by atoms with van der Waals surface area (Å²) in [7, 11) is 0. The number of nitrogens with zero attached hydrogens (tertiary/aromatic N) is 1. The number of aromatic nitrogens is 1. The molecule has 0 amide bonds. The smallest absolute Gasteiger partial charge is 0.0949 e. The normalized spacial score (nSPS) is 25.4. The second kappa shape index (κ2) is 5.70. The Morgan fingerprint density at radius 1 is 1.28 bits per heavy atom. The number of hydrogen-bond acceptors (Lipinski definition) is 3. The first-order valence-electron chi connectivity index (χ1n) is 7.21. The highest BCUT2D eigenvalue weighted by molar-refractivity contribution is 7.11. The molecule has 1 fully saturated rings. The average molecular weight is 266 g/mol. The maximum atomic E-state index is 4.74. The third-order valence-electron chi connectivity index (χ3n) is 4.42. The Labute approximate surface area is 115 Å². The van der Waals surface area contributed by atoms with Crippen molar-refractivity contribution in [1.82, 2.24) is 10.3 Å². The SMILES string of the molecule is Cc1nc(CC2(C(C)C)CCCCCN2)sc1C. The van der Waals surface area contributed by atoms with Gasteiger partial charge in [0, 0.05) is 16.8 Å². The largest absolute Gasteiger partial charge is 0.311 e. The predicted octanol–water partition coefficient (Wildman–Crippen LogP) is 3.86. The third kappa shape index (κ3) is 2.94. The molecule has 1 unspecified atom stereocenters. The van der Waals surface area contributed by atoms with Gasteiger partial charge < -0.3 is 5.32 Å². The minimum atomic E-state index is 0.271. The quantitative estimate of drug-likeness (QED) is 0.898. The molecule has 2 nitrogen and oxygen atoms in total. The first kappa shape index (κ1) is 14.0. The summed E-state index contributed by atoms with van der Waals surface area (Å²) >= 11 is 1.88. The molecule has 0 bridgehead atoms. The fourth-order valence-electron chi connectivity index (χ4n) is 2.90. The van der Waals surface area contributed by atoms with Gasteiger partial charge in [0.05, 0.1) is 10.7 Å². The number of thiazole rings is 1. The molecule has 2 rings (SSSR count). The van der Waals surface area contributed by atoms with Crippen LogP contribution in [0.4, 0.5) is 0 Å². The van der Waals surface area contributed by atoms with E-state index in [1.807, 2.05) is 11.3 Å². The summed E-state index contributed by atoms with van der Waals surface area (Å²) in [6.07, 6.45) is 6.45. The van der Waals surface area contributed by atoms with Gasteiger partial charge in [-0.3, -0.25) is 0 Å². The maximum absolute atomic E-state index is 4.74. The molecule has 102 valence electrons. The molecule has 1 aliphatic rings. The molecule has 1 aromatic heterocycles. The zero-order valence-corrected chi connectivity index (χ0v) is 13.0. The molecule has 0 spiro atoms. The van der Waals surface area contributed by atoms with E-state index >= 15 is 0 Å². The van der Waals surface area contributed by atoms with Crippen molar-refractivity contribution in [2.75, 3.05) is 6.54 Å². The molecule has 1 aromatic rings. The van der Waals surface area contributed by atoms with Gasteiger partial charge in [0.15, 0.2) is 0 Å². The molecule has 1 atom stereocenters. The molecule has 1 N–H and O–H groups in total. The van der Waals surface area contributed by atoms with E-state index in [4.69, 9.17) is 4.98 Å². The fourth-order valence-corrected chi connectivity index (χ4v) is 3.96. The first-order chi connectivity index (χ1) is 8.53. The molecule has 0 aliphatic carbocycles. The van der Waals surface area contributed by atoms with Gasteiger partial charge >= 0.3 is 0 Å². The summed E-state index contributed by atoms with van der Waals surface area (Å²) in [5.41, 5.74) is 1.48. The summed E-state index contributed by atoms with van der Waals surface area (Å²) in [6, 6.07) is 0. The summed E-state index contributed by atoms with van der Waals surface area (Å²) in [5, 5.41) is 5.15. The molecule has 0 radical (unpaired) electrons. The van der Waals surface area contributed by atoms with E-state index in [1.54, 1.807) is 0 Å². The fraction of sp³-hybridized carbons (Fsp3) is 0.800.